The molecule has 1 atom stereocenters. The fraction of sp³-hybridized carbons (Fsp3) is 0.444. The molecule has 0 fully saturated rings. The number of amides is 1. The Labute approximate surface area is 148 Å². The van der Waals surface area contributed by atoms with E-state index >= 15 is 0 Å². The van der Waals surface area contributed by atoms with E-state index < -0.39 is 0 Å². The van der Waals surface area contributed by atoms with Gasteiger partial charge in [0.15, 0.2) is 0 Å². The number of benzene rings is 1. The third kappa shape index (κ3) is 4.96. The molecule has 0 aliphatic heterocycles. The van der Waals surface area contributed by atoms with Crippen LogP contribution >= 0.6 is 0 Å². The number of hydrogen-bond acceptors (Lipinski definition) is 5. The lowest BCUT2D eigenvalue weighted by Crippen LogP contribution is -2.31. The average Bonchev–Trinajstić information content (AvgIpc) is 3.05. The van der Waals surface area contributed by atoms with Crippen LogP contribution in [0.1, 0.15) is 30.3 Å². The second-order valence-corrected chi connectivity index (χ2v) is 5.75. The molecule has 0 spiro atoms. The van der Waals surface area contributed by atoms with Crippen molar-refractivity contribution in [3.63, 3.8) is 0 Å². The summed E-state index contributed by atoms with van der Waals surface area (Å²) in [5, 5.41) is 6.12. The van der Waals surface area contributed by atoms with Crippen LogP contribution in [0.3, 0.4) is 0 Å². The van der Waals surface area contributed by atoms with Crippen molar-refractivity contribution in [1.82, 2.24) is 20.2 Å². The van der Waals surface area contributed by atoms with Gasteiger partial charge in [-0.3, -0.25) is 4.79 Å². The molecule has 2 aromatic rings. The molecular formula is C18H26N4O3. The molecule has 2 N–H and O–H groups in total. The summed E-state index contributed by atoms with van der Waals surface area (Å²) >= 11 is 0. The molecule has 0 saturated carbocycles. The highest BCUT2D eigenvalue weighted by atomic mass is 16.5. The van der Waals surface area contributed by atoms with Gasteiger partial charge in [-0.05, 0) is 37.7 Å². The number of imidazole rings is 1. The number of nitrogens with zero attached hydrogens (tertiary/aromatic N) is 2. The number of nitrogens with one attached hydrogen (secondary N) is 2. The third-order valence-electron chi connectivity index (χ3n) is 3.96. The Morgan fingerprint density at radius 1 is 1.24 bits per heavy atom. The summed E-state index contributed by atoms with van der Waals surface area (Å²) in [6.07, 6.45) is 4.79. The van der Waals surface area contributed by atoms with E-state index in [-0.39, 0.29) is 11.9 Å². The lowest BCUT2D eigenvalue weighted by molar-refractivity contribution is -0.121. The third-order valence-corrected chi connectivity index (χ3v) is 3.96. The molecule has 7 heteroatoms. The molecule has 25 heavy (non-hydrogen) atoms. The van der Waals surface area contributed by atoms with Crippen LogP contribution < -0.4 is 20.1 Å². The van der Waals surface area contributed by atoms with E-state index in [9.17, 15) is 4.79 Å². The van der Waals surface area contributed by atoms with Gasteiger partial charge in [0, 0.05) is 31.9 Å². The molecule has 2 rings (SSSR count). The van der Waals surface area contributed by atoms with Crippen LogP contribution in [0.25, 0.3) is 0 Å². The molecule has 1 aromatic heterocycles. The van der Waals surface area contributed by atoms with E-state index in [2.05, 4.69) is 15.6 Å². The maximum absolute atomic E-state index is 12.4. The van der Waals surface area contributed by atoms with Crippen LogP contribution in [0.15, 0.2) is 30.6 Å². The smallest absolute Gasteiger partial charge is 0.220 e. The fourth-order valence-electron chi connectivity index (χ4n) is 2.61. The van der Waals surface area contributed by atoms with Gasteiger partial charge in [0.05, 0.1) is 14.2 Å². The van der Waals surface area contributed by atoms with Gasteiger partial charge in [-0.25, -0.2) is 4.98 Å². The lowest BCUT2D eigenvalue weighted by atomic mass is 10.0. The van der Waals surface area contributed by atoms with Crippen molar-refractivity contribution in [3.8, 4) is 11.5 Å². The van der Waals surface area contributed by atoms with Gasteiger partial charge >= 0.3 is 0 Å². The van der Waals surface area contributed by atoms with Gasteiger partial charge in [0.1, 0.15) is 23.4 Å². The van der Waals surface area contributed by atoms with Crippen molar-refractivity contribution in [3.05, 3.63) is 42.0 Å². The van der Waals surface area contributed by atoms with E-state index in [4.69, 9.17) is 9.47 Å². The lowest BCUT2D eigenvalue weighted by Gasteiger charge is -2.20. The molecule has 0 aliphatic carbocycles. The van der Waals surface area contributed by atoms with Gasteiger partial charge in [-0.1, -0.05) is 0 Å². The molecule has 0 saturated heterocycles. The molecule has 0 aliphatic rings. The average molecular weight is 346 g/mol. The van der Waals surface area contributed by atoms with Crippen LogP contribution in [0.2, 0.25) is 0 Å². The first kappa shape index (κ1) is 18.8. The molecule has 136 valence electrons. The van der Waals surface area contributed by atoms with Crippen LogP contribution in [0.5, 0.6) is 11.5 Å². The Balaban J connectivity index is 2.32. The number of aromatic nitrogens is 2. The molecular weight excluding hydrogens is 320 g/mol. The highest BCUT2D eigenvalue weighted by Crippen LogP contribution is 2.29. The standard InChI is InChI=1S/C18H26N4O3/c1-19-7-5-6-16(23)21-17(18-20-8-9-22(18)2)13-10-14(24-3)12-15(11-13)25-4/h8-12,17,19H,5-7H2,1-4H3,(H,21,23). The number of ether oxygens (including phenoxy) is 2. The summed E-state index contributed by atoms with van der Waals surface area (Å²) in [4.78, 5) is 16.8. The topological polar surface area (TPSA) is 77.4 Å². The van der Waals surface area contributed by atoms with E-state index in [1.807, 2.05) is 37.0 Å². The van der Waals surface area contributed by atoms with Crippen molar-refractivity contribution in [2.75, 3.05) is 27.8 Å². The Bertz CT molecular complexity index is 677. The van der Waals surface area contributed by atoms with E-state index in [0.717, 1.165) is 24.4 Å². The Hall–Kier alpha value is -2.54. The zero-order valence-electron chi connectivity index (χ0n) is 15.2. The van der Waals surface area contributed by atoms with Crippen molar-refractivity contribution in [1.29, 1.82) is 0 Å². The first-order chi connectivity index (χ1) is 12.1. The summed E-state index contributed by atoms with van der Waals surface area (Å²) in [7, 11) is 6.98. The summed E-state index contributed by atoms with van der Waals surface area (Å²) < 4.78 is 12.6. The number of hydrogen-bond donors (Lipinski definition) is 2. The molecule has 0 radical (unpaired) electrons. The van der Waals surface area contributed by atoms with Crippen LogP contribution in [-0.2, 0) is 11.8 Å². The number of carbonyl (C=O) groups is 1. The Morgan fingerprint density at radius 2 is 1.92 bits per heavy atom. The normalized spacial score (nSPS) is 11.8. The number of aryl methyl sites for hydroxylation is 1. The van der Waals surface area contributed by atoms with Crippen LogP contribution in [0.4, 0.5) is 0 Å². The summed E-state index contributed by atoms with van der Waals surface area (Å²) in [6, 6.07) is 5.19. The molecule has 1 heterocycles. The minimum absolute atomic E-state index is 0.0231. The molecule has 0 bridgehead atoms. The Kier molecular flexibility index (Phi) is 6.82. The van der Waals surface area contributed by atoms with Gasteiger partial charge in [0.2, 0.25) is 5.91 Å². The van der Waals surface area contributed by atoms with Gasteiger partial charge < -0.3 is 24.7 Å². The van der Waals surface area contributed by atoms with Crippen molar-refractivity contribution >= 4 is 5.91 Å². The number of methoxy groups -OCH3 is 2. The van der Waals surface area contributed by atoms with E-state index in [1.54, 1.807) is 26.5 Å². The SMILES string of the molecule is CNCCCC(=O)NC(c1cc(OC)cc(OC)c1)c1nccn1C. The minimum atomic E-state index is -0.383. The van der Waals surface area contributed by atoms with Crippen LogP contribution in [-0.4, -0.2) is 43.3 Å². The second-order valence-electron chi connectivity index (χ2n) is 5.75. The zero-order chi connectivity index (χ0) is 18.2. The molecule has 7 nitrogen and oxygen atoms in total. The highest BCUT2D eigenvalue weighted by Gasteiger charge is 2.22. The highest BCUT2D eigenvalue weighted by molar-refractivity contribution is 5.76. The van der Waals surface area contributed by atoms with Crippen LogP contribution in [0, 0.1) is 0 Å². The Morgan fingerprint density at radius 3 is 2.44 bits per heavy atom. The first-order valence-corrected chi connectivity index (χ1v) is 8.23. The number of rotatable bonds is 9. The monoisotopic (exact) mass is 346 g/mol. The maximum atomic E-state index is 12.4. The quantitative estimate of drug-likeness (QED) is 0.675. The summed E-state index contributed by atoms with van der Waals surface area (Å²) in [6.45, 7) is 0.799. The largest absolute Gasteiger partial charge is 0.497 e. The summed E-state index contributed by atoms with van der Waals surface area (Å²) in [5.41, 5.74) is 0.854. The van der Waals surface area contributed by atoms with Crippen molar-refractivity contribution in [2.45, 2.75) is 18.9 Å². The molecule has 1 unspecified atom stereocenters. The van der Waals surface area contributed by atoms with Crippen molar-refractivity contribution < 1.29 is 14.3 Å². The maximum Gasteiger partial charge on any atom is 0.220 e. The predicted molar refractivity (Wildman–Crippen MR) is 95.9 cm³/mol. The first-order valence-electron chi connectivity index (χ1n) is 8.23. The zero-order valence-corrected chi connectivity index (χ0v) is 15.2. The van der Waals surface area contributed by atoms with Gasteiger partial charge in [-0.15, -0.1) is 0 Å². The minimum Gasteiger partial charge on any atom is -0.497 e. The van der Waals surface area contributed by atoms with E-state index in [0.29, 0.717) is 17.9 Å². The molecule has 1 amide bonds. The van der Waals surface area contributed by atoms with Gasteiger partial charge in [-0.2, -0.15) is 0 Å². The number of carbonyl (C=O) groups excluding carboxylic acids is 1. The van der Waals surface area contributed by atoms with Gasteiger partial charge in [0.25, 0.3) is 0 Å². The van der Waals surface area contributed by atoms with Crippen molar-refractivity contribution in [2.24, 2.45) is 7.05 Å². The second kappa shape index (κ2) is 9.08. The fourth-order valence-corrected chi connectivity index (χ4v) is 2.61. The predicted octanol–water partition coefficient (Wildman–Crippen LogP) is 1.64. The summed E-state index contributed by atoms with van der Waals surface area (Å²) in [5.74, 6) is 2.05. The molecule has 1 aromatic carbocycles. The van der Waals surface area contributed by atoms with E-state index in [1.165, 1.54) is 0 Å².